The quantitative estimate of drug-likeness (QED) is 0.722. The van der Waals surface area contributed by atoms with Gasteiger partial charge in [-0.3, -0.25) is 9.48 Å². The molecule has 2 fully saturated rings. The first-order chi connectivity index (χ1) is 14.2. The van der Waals surface area contributed by atoms with E-state index >= 15 is 0 Å². The van der Waals surface area contributed by atoms with Gasteiger partial charge in [-0.1, -0.05) is 6.92 Å². The number of morpholine rings is 1. The van der Waals surface area contributed by atoms with Crippen LogP contribution in [0.15, 0.2) is 18.7 Å². The molecular weight excluding hydrogens is 370 g/mol. The van der Waals surface area contributed by atoms with E-state index in [4.69, 9.17) is 14.7 Å². The van der Waals surface area contributed by atoms with Gasteiger partial charge in [0, 0.05) is 50.3 Å². The fourth-order valence-corrected chi connectivity index (χ4v) is 3.92. The molecule has 0 unspecified atom stereocenters. The van der Waals surface area contributed by atoms with E-state index in [1.807, 2.05) is 4.90 Å². The lowest BCUT2D eigenvalue weighted by atomic mass is 9.95. The van der Waals surface area contributed by atoms with Crippen molar-refractivity contribution < 1.29 is 9.53 Å². The molecule has 0 atom stereocenters. The Morgan fingerprint density at radius 1 is 1.17 bits per heavy atom. The largest absolute Gasteiger partial charge is 0.378 e. The van der Waals surface area contributed by atoms with Crippen molar-refractivity contribution in [2.45, 2.75) is 45.1 Å². The minimum absolute atomic E-state index is 0.177. The summed E-state index contributed by atoms with van der Waals surface area (Å²) in [6, 6.07) is 2.11. The van der Waals surface area contributed by atoms with Gasteiger partial charge in [-0.15, -0.1) is 0 Å². The second-order valence-electron chi connectivity index (χ2n) is 7.59. The van der Waals surface area contributed by atoms with Gasteiger partial charge >= 0.3 is 0 Å². The van der Waals surface area contributed by atoms with E-state index in [-0.39, 0.29) is 5.91 Å². The molecule has 4 heterocycles. The smallest absolute Gasteiger partial charge is 0.224 e. The number of amides is 1. The average molecular weight is 399 g/mol. The summed E-state index contributed by atoms with van der Waals surface area (Å²) in [4.78, 5) is 30.4. The van der Waals surface area contributed by atoms with E-state index in [0.29, 0.717) is 18.9 Å². The van der Waals surface area contributed by atoms with Crippen molar-refractivity contribution in [1.29, 1.82) is 0 Å². The number of carbonyl (C=O) groups excluding carboxylic acids is 1. The van der Waals surface area contributed by atoms with Crippen LogP contribution in [0, 0.1) is 0 Å². The first kappa shape index (κ1) is 19.8. The number of hydrogen-bond donors (Lipinski definition) is 0. The Balaban J connectivity index is 1.36. The van der Waals surface area contributed by atoms with Gasteiger partial charge in [0.2, 0.25) is 5.91 Å². The summed E-state index contributed by atoms with van der Waals surface area (Å²) >= 11 is 0. The number of aromatic nitrogens is 5. The van der Waals surface area contributed by atoms with Gasteiger partial charge in [0.05, 0.1) is 19.8 Å². The van der Waals surface area contributed by atoms with E-state index in [1.54, 1.807) is 11.0 Å². The van der Waals surface area contributed by atoms with Gasteiger partial charge in [-0.05, 0) is 19.3 Å². The van der Waals surface area contributed by atoms with Gasteiger partial charge in [-0.25, -0.2) is 15.0 Å². The molecule has 2 aliphatic heterocycles. The summed E-state index contributed by atoms with van der Waals surface area (Å²) in [5.74, 6) is 2.43. The Hall–Kier alpha value is -2.55. The van der Waals surface area contributed by atoms with Crippen molar-refractivity contribution in [1.82, 2.24) is 29.6 Å². The van der Waals surface area contributed by atoms with Gasteiger partial charge in [-0.2, -0.15) is 5.10 Å². The number of aryl methyl sites for hydroxylation is 2. The van der Waals surface area contributed by atoms with Crippen molar-refractivity contribution in [3.63, 3.8) is 0 Å². The minimum Gasteiger partial charge on any atom is -0.378 e. The normalized spacial score (nSPS) is 18.2. The topological polar surface area (TPSA) is 89.3 Å². The van der Waals surface area contributed by atoms with Crippen LogP contribution in [-0.4, -0.2) is 74.9 Å². The summed E-state index contributed by atoms with van der Waals surface area (Å²) in [5.41, 5.74) is 1.09. The lowest BCUT2D eigenvalue weighted by Gasteiger charge is -2.32. The Morgan fingerprint density at radius 2 is 1.97 bits per heavy atom. The number of anilines is 1. The average Bonchev–Trinajstić information content (AvgIpc) is 3.31. The lowest BCUT2D eigenvalue weighted by Crippen LogP contribution is -2.39. The molecule has 0 saturated carbocycles. The van der Waals surface area contributed by atoms with Crippen molar-refractivity contribution >= 4 is 11.7 Å². The van der Waals surface area contributed by atoms with Crippen molar-refractivity contribution in [3.05, 3.63) is 30.2 Å². The van der Waals surface area contributed by atoms with Crippen LogP contribution in [0.2, 0.25) is 0 Å². The zero-order valence-electron chi connectivity index (χ0n) is 17.0. The summed E-state index contributed by atoms with van der Waals surface area (Å²) in [6.45, 7) is 7.46. The Bertz CT molecular complexity index is 797. The predicted molar refractivity (Wildman–Crippen MR) is 108 cm³/mol. The van der Waals surface area contributed by atoms with Gasteiger partial charge in [0.1, 0.15) is 24.3 Å². The first-order valence-electron chi connectivity index (χ1n) is 10.5. The molecule has 2 aromatic heterocycles. The van der Waals surface area contributed by atoms with Crippen LogP contribution in [0.5, 0.6) is 0 Å². The summed E-state index contributed by atoms with van der Waals surface area (Å²) in [6.07, 6.45) is 6.30. The van der Waals surface area contributed by atoms with Crippen LogP contribution in [0.25, 0.3) is 0 Å². The first-order valence-corrected chi connectivity index (χ1v) is 10.5. The van der Waals surface area contributed by atoms with Crippen LogP contribution in [-0.2, 0) is 22.5 Å². The number of carbonyl (C=O) groups is 1. The number of nitrogens with zero attached hydrogens (tertiary/aromatic N) is 7. The summed E-state index contributed by atoms with van der Waals surface area (Å²) in [7, 11) is 0. The SMILES string of the molecule is CCc1cc(N2CCOCC2)nc(C2CCN(C(=O)CCn3cncn3)CC2)n1. The lowest BCUT2D eigenvalue weighted by molar-refractivity contribution is -0.132. The minimum atomic E-state index is 0.177. The maximum absolute atomic E-state index is 12.5. The molecule has 2 aromatic rings. The van der Waals surface area contributed by atoms with Crippen molar-refractivity contribution in [3.8, 4) is 0 Å². The van der Waals surface area contributed by atoms with Gasteiger partial charge < -0.3 is 14.5 Å². The number of rotatable bonds is 6. The number of ether oxygens (including phenoxy) is 1. The molecule has 0 bridgehead atoms. The third kappa shape index (κ3) is 4.90. The van der Waals surface area contributed by atoms with Crippen LogP contribution in [0.3, 0.4) is 0 Å². The van der Waals surface area contributed by atoms with Crippen LogP contribution in [0.1, 0.15) is 43.6 Å². The molecular formula is C20H29N7O2. The maximum Gasteiger partial charge on any atom is 0.224 e. The Kier molecular flexibility index (Phi) is 6.33. The maximum atomic E-state index is 12.5. The monoisotopic (exact) mass is 399 g/mol. The van der Waals surface area contributed by atoms with Crippen LogP contribution < -0.4 is 4.90 Å². The molecule has 156 valence electrons. The molecule has 0 spiro atoms. The van der Waals surface area contributed by atoms with E-state index in [2.05, 4.69) is 28.0 Å². The molecule has 0 radical (unpaired) electrons. The summed E-state index contributed by atoms with van der Waals surface area (Å²) in [5, 5.41) is 4.05. The molecule has 2 aliphatic rings. The van der Waals surface area contributed by atoms with E-state index in [0.717, 1.165) is 76.0 Å². The highest BCUT2D eigenvalue weighted by Crippen LogP contribution is 2.28. The second kappa shape index (κ2) is 9.30. The highest BCUT2D eigenvalue weighted by atomic mass is 16.5. The Labute approximate surface area is 171 Å². The molecule has 1 amide bonds. The zero-order valence-corrected chi connectivity index (χ0v) is 17.0. The number of piperidine rings is 1. The second-order valence-corrected chi connectivity index (χ2v) is 7.59. The summed E-state index contributed by atoms with van der Waals surface area (Å²) < 4.78 is 7.17. The fraction of sp³-hybridized carbons (Fsp3) is 0.650. The van der Waals surface area contributed by atoms with Crippen molar-refractivity contribution in [2.75, 3.05) is 44.3 Å². The predicted octanol–water partition coefficient (Wildman–Crippen LogP) is 1.26. The molecule has 0 aliphatic carbocycles. The molecule has 9 nitrogen and oxygen atoms in total. The molecule has 4 rings (SSSR count). The molecule has 0 aromatic carbocycles. The van der Waals surface area contributed by atoms with E-state index in [1.165, 1.54) is 6.33 Å². The molecule has 9 heteroatoms. The third-order valence-corrected chi connectivity index (χ3v) is 5.71. The highest BCUT2D eigenvalue weighted by Gasteiger charge is 2.26. The molecule has 29 heavy (non-hydrogen) atoms. The number of likely N-dealkylation sites (tertiary alicyclic amines) is 1. The molecule has 2 saturated heterocycles. The zero-order chi connectivity index (χ0) is 20.1. The van der Waals surface area contributed by atoms with E-state index in [9.17, 15) is 4.79 Å². The molecule has 0 N–H and O–H groups in total. The van der Waals surface area contributed by atoms with E-state index < -0.39 is 0 Å². The van der Waals surface area contributed by atoms with Crippen LogP contribution in [0.4, 0.5) is 5.82 Å². The highest BCUT2D eigenvalue weighted by molar-refractivity contribution is 5.76. The third-order valence-electron chi connectivity index (χ3n) is 5.71. The van der Waals surface area contributed by atoms with Gasteiger partial charge in [0.25, 0.3) is 0 Å². The Morgan fingerprint density at radius 3 is 2.66 bits per heavy atom. The van der Waals surface area contributed by atoms with Crippen molar-refractivity contribution in [2.24, 2.45) is 0 Å². The standard InChI is InChI=1S/C20H29N7O2/c1-2-17-13-18(25-9-11-29-12-10-25)24-20(23-17)16-3-6-26(7-4-16)19(28)5-8-27-15-21-14-22-27/h13-16H,2-12H2,1H3. The van der Waals surface area contributed by atoms with Gasteiger partial charge in [0.15, 0.2) is 0 Å². The van der Waals surface area contributed by atoms with Crippen LogP contribution >= 0.6 is 0 Å². The fourth-order valence-electron chi connectivity index (χ4n) is 3.92. The number of hydrogen-bond acceptors (Lipinski definition) is 7.